The van der Waals surface area contributed by atoms with Gasteiger partial charge in [-0.25, -0.2) is 4.79 Å². The molecule has 0 aromatic heterocycles. The van der Waals surface area contributed by atoms with Crippen molar-refractivity contribution in [3.63, 3.8) is 0 Å². The monoisotopic (exact) mass is 709 g/mol. The molecule has 1 saturated heterocycles. The van der Waals surface area contributed by atoms with Crippen molar-refractivity contribution in [1.29, 1.82) is 0 Å². The number of hydrogen-bond donors (Lipinski definition) is 1. The molecule has 262 valence electrons. The van der Waals surface area contributed by atoms with Crippen molar-refractivity contribution in [3.8, 4) is 28.0 Å². The van der Waals surface area contributed by atoms with Gasteiger partial charge in [0.05, 0.1) is 41.9 Å². The average molecular weight is 710 g/mol. The van der Waals surface area contributed by atoms with Crippen LogP contribution in [0, 0.1) is 12.8 Å². The molecule has 3 atom stereocenters. The first-order valence-electron chi connectivity index (χ1n) is 14.8. The summed E-state index contributed by atoms with van der Waals surface area (Å²) < 4.78 is 135. The van der Waals surface area contributed by atoms with E-state index >= 15 is 0 Å². The van der Waals surface area contributed by atoms with Gasteiger partial charge < -0.3 is 19.4 Å². The van der Waals surface area contributed by atoms with Crippen LogP contribution in [-0.2, 0) is 28.1 Å². The Morgan fingerprint density at radius 3 is 1.96 bits per heavy atom. The van der Waals surface area contributed by atoms with E-state index in [9.17, 15) is 49.4 Å². The number of carboxylic acids is 1. The molecule has 15 heteroatoms. The van der Waals surface area contributed by atoms with Crippen LogP contribution in [0.1, 0.15) is 55.9 Å². The van der Waals surface area contributed by atoms with Crippen molar-refractivity contribution in [2.75, 3.05) is 13.7 Å². The Bertz CT molecular complexity index is 1970. The molecule has 0 aliphatic carbocycles. The lowest BCUT2D eigenvalue weighted by Gasteiger charge is -2.22. The lowest BCUT2D eigenvalue weighted by molar-refractivity contribution is -0.143. The minimum absolute atomic E-state index is 0.0264. The number of nitrogens with zero attached hydrogens (tertiary/aromatic N) is 1. The van der Waals surface area contributed by atoms with Crippen LogP contribution in [0.5, 0.6) is 5.75 Å². The number of fused-ring (bicyclic) bond motifs is 1. The molecule has 6 rings (SSSR count). The number of rotatable bonds is 6. The van der Waals surface area contributed by atoms with Gasteiger partial charge in [-0.3, -0.25) is 0 Å². The highest BCUT2D eigenvalue weighted by Gasteiger charge is 2.48. The maximum Gasteiger partial charge on any atom is 0.416 e. The molecule has 50 heavy (non-hydrogen) atoms. The Kier molecular flexibility index (Phi) is 8.61. The summed E-state index contributed by atoms with van der Waals surface area (Å²) in [5.74, 6) is -1.92. The van der Waals surface area contributed by atoms with Gasteiger partial charge in [-0.2, -0.15) is 39.5 Å². The molecule has 1 fully saturated rings. The van der Waals surface area contributed by atoms with Crippen LogP contribution in [0.25, 0.3) is 22.3 Å². The van der Waals surface area contributed by atoms with E-state index in [0.29, 0.717) is 34.6 Å². The van der Waals surface area contributed by atoms with Crippen LogP contribution in [0.3, 0.4) is 0 Å². The Labute approximate surface area is 277 Å². The molecule has 0 radical (unpaired) electrons. The Morgan fingerprint density at radius 2 is 1.40 bits per heavy atom. The highest BCUT2D eigenvalue weighted by Crippen LogP contribution is 2.49. The predicted molar refractivity (Wildman–Crippen MR) is 160 cm³/mol. The number of carbonyl (C=O) groups is 1. The highest BCUT2D eigenvalue weighted by molar-refractivity contribution is 6.01. The molecule has 0 saturated carbocycles. The maximum absolute atomic E-state index is 14.1. The quantitative estimate of drug-likeness (QED) is 0.202. The normalized spacial score (nSPS) is 19.2. The molecule has 4 aromatic carbocycles. The first-order valence-corrected chi connectivity index (χ1v) is 14.8. The van der Waals surface area contributed by atoms with Crippen LogP contribution in [0.2, 0.25) is 0 Å². The predicted octanol–water partition coefficient (Wildman–Crippen LogP) is 9.91. The van der Waals surface area contributed by atoms with E-state index in [2.05, 4.69) is 5.16 Å². The van der Waals surface area contributed by atoms with E-state index in [-0.39, 0.29) is 34.0 Å². The molecule has 0 amide bonds. The van der Waals surface area contributed by atoms with E-state index < -0.39 is 71.5 Å². The number of ether oxygens (including phenoxy) is 2. The number of oxime groups is 1. The average Bonchev–Trinajstić information content (AvgIpc) is 3.66. The second kappa shape index (κ2) is 12.4. The van der Waals surface area contributed by atoms with E-state index in [0.717, 1.165) is 18.2 Å². The second-order valence-corrected chi connectivity index (χ2v) is 11.7. The van der Waals surface area contributed by atoms with E-state index in [1.807, 2.05) is 0 Å². The van der Waals surface area contributed by atoms with E-state index in [1.165, 1.54) is 13.2 Å². The summed E-state index contributed by atoms with van der Waals surface area (Å²) in [6.45, 7) is 1.21. The van der Waals surface area contributed by atoms with Crippen LogP contribution < -0.4 is 4.74 Å². The zero-order chi connectivity index (χ0) is 36.3. The van der Waals surface area contributed by atoms with E-state index in [1.54, 1.807) is 37.3 Å². The topological polar surface area (TPSA) is 77.4 Å². The second-order valence-electron chi connectivity index (χ2n) is 11.7. The summed E-state index contributed by atoms with van der Waals surface area (Å²) in [6, 6.07) is 13.2. The largest absolute Gasteiger partial charge is 0.497 e. The molecule has 3 unspecified atom stereocenters. The number of halogens is 9. The Morgan fingerprint density at radius 1 is 0.800 bits per heavy atom. The highest BCUT2D eigenvalue weighted by atomic mass is 19.4. The molecule has 4 aromatic rings. The summed E-state index contributed by atoms with van der Waals surface area (Å²) in [4.78, 5) is 17.8. The number of hydrogen-bond acceptors (Lipinski definition) is 5. The number of benzene rings is 4. The fourth-order valence-electron chi connectivity index (χ4n) is 6.30. The molecule has 0 bridgehead atoms. The molecular formula is C35H24F9NO5. The van der Waals surface area contributed by atoms with Crippen molar-refractivity contribution in [2.45, 2.75) is 37.7 Å². The molecule has 2 heterocycles. The zero-order valence-corrected chi connectivity index (χ0v) is 25.8. The molecule has 1 N–H and O–H groups in total. The fraction of sp³-hybridized carbons (Fsp3) is 0.257. The van der Waals surface area contributed by atoms with Crippen LogP contribution in [0.4, 0.5) is 39.5 Å². The van der Waals surface area contributed by atoms with Crippen molar-refractivity contribution in [2.24, 2.45) is 11.1 Å². The van der Waals surface area contributed by atoms with Gasteiger partial charge in [-0.05, 0) is 88.8 Å². The standard InChI is InChI=1S/C35H24F9NO5/c1-16-23(17-3-6-22(48-2)7-4-17)9-10-25(32(46)47)28(16)24-8-5-19(33(36,37)38)14-26(24)31-29-27(15-49-31)30(50-45-29)18-11-20(34(39,40)41)13-21(12-18)35(42,43)44/h3-14,27,30-31H,15H2,1-2H3,(H,46,47). The first-order chi connectivity index (χ1) is 23.4. The third kappa shape index (κ3) is 6.37. The molecular weight excluding hydrogens is 685 g/mol. The van der Waals surface area contributed by atoms with Crippen molar-refractivity contribution < 1.29 is 63.7 Å². The Hall–Kier alpha value is -5.05. The lowest BCUT2D eigenvalue weighted by Crippen LogP contribution is -2.19. The fourth-order valence-corrected chi connectivity index (χ4v) is 6.30. The number of methoxy groups -OCH3 is 1. The summed E-state index contributed by atoms with van der Waals surface area (Å²) in [7, 11) is 1.48. The summed E-state index contributed by atoms with van der Waals surface area (Å²) in [5.41, 5.74) is -3.63. The number of aromatic carboxylic acids is 1. The van der Waals surface area contributed by atoms with Gasteiger partial charge in [0.2, 0.25) is 0 Å². The molecule has 6 nitrogen and oxygen atoms in total. The van der Waals surface area contributed by atoms with E-state index in [4.69, 9.17) is 14.3 Å². The summed E-state index contributed by atoms with van der Waals surface area (Å²) in [6.07, 6.45) is -18.1. The first kappa shape index (κ1) is 34.8. The molecule has 2 aliphatic heterocycles. The third-order valence-corrected chi connectivity index (χ3v) is 8.69. The van der Waals surface area contributed by atoms with Crippen molar-refractivity contribution in [3.05, 3.63) is 112 Å². The van der Waals surface area contributed by atoms with Crippen LogP contribution in [-0.4, -0.2) is 30.5 Å². The third-order valence-electron chi connectivity index (χ3n) is 8.69. The zero-order valence-electron chi connectivity index (χ0n) is 25.8. The Balaban J connectivity index is 1.48. The van der Waals surface area contributed by atoms with Crippen LogP contribution in [0.15, 0.2) is 78.0 Å². The summed E-state index contributed by atoms with van der Waals surface area (Å²) in [5, 5.41) is 14.1. The van der Waals surface area contributed by atoms with Crippen molar-refractivity contribution >= 4 is 11.7 Å². The smallest absolute Gasteiger partial charge is 0.416 e. The SMILES string of the molecule is COc1ccc(-c2ccc(C(=O)O)c(-c3ccc(C(F)(F)F)cc3C3OCC4C3=NOC4c3cc(C(F)(F)F)cc(C(F)(F)F)c3)c2C)cc1. The van der Waals surface area contributed by atoms with Crippen molar-refractivity contribution in [1.82, 2.24) is 0 Å². The maximum atomic E-state index is 14.1. The van der Waals surface area contributed by atoms with Gasteiger partial charge in [0.25, 0.3) is 0 Å². The van der Waals surface area contributed by atoms with Gasteiger partial charge in [0.1, 0.15) is 17.6 Å². The number of alkyl halides is 9. The van der Waals surface area contributed by atoms with Gasteiger partial charge in [-0.15, -0.1) is 0 Å². The molecule has 2 aliphatic rings. The van der Waals surface area contributed by atoms with Crippen LogP contribution >= 0.6 is 0 Å². The summed E-state index contributed by atoms with van der Waals surface area (Å²) >= 11 is 0. The van der Waals surface area contributed by atoms with Gasteiger partial charge in [-0.1, -0.05) is 29.4 Å². The molecule has 0 spiro atoms. The van der Waals surface area contributed by atoms with Gasteiger partial charge in [0, 0.05) is 5.56 Å². The minimum atomic E-state index is -5.14. The van der Waals surface area contributed by atoms with Gasteiger partial charge in [0.15, 0.2) is 6.10 Å². The van der Waals surface area contributed by atoms with Gasteiger partial charge >= 0.3 is 24.5 Å². The minimum Gasteiger partial charge on any atom is -0.497 e. The lowest BCUT2D eigenvalue weighted by atomic mass is 9.83. The number of carboxylic acid groups (broad SMARTS) is 1.